The predicted octanol–water partition coefficient (Wildman–Crippen LogP) is 2.00. The van der Waals surface area contributed by atoms with Crippen LogP contribution in [0.1, 0.15) is 41.5 Å². The molecule has 0 heterocycles. The van der Waals surface area contributed by atoms with Gasteiger partial charge in [-0.2, -0.15) is 0 Å². The molecular weight excluding hydrogens is 248 g/mol. The molecule has 19 heavy (non-hydrogen) atoms. The first kappa shape index (κ1) is 17.1. The second-order valence-corrected chi connectivity index (χ2v) is 5.78. The molecule has 6 nitrogen and oxygen atoms in total. The molecule has 0 unspecified atom stereocenters. The van der Waals surface area contributed by atoms with Gasteiger partial charge in [0.15, 0.2) is 0 Å². The van der Waals surface area contributed by atoms with Gasteiger partial charge < -0.3 is 14.8 Å². The predicted molar refractivity (Wildman–Crippen MR) is 71.4 cm³/mol. The molecule has 0 rings (SSSR count). The van der Waals surface area contributed by atoms with Crippen molar-refractivity contribution in [1.29, 1.82) is 0 Å². The maximum absolute atomic E-state index is 11.2. The molecule has 0 aromatic carbocycles. The minimum absolute atomic E-state index is 0.0741. The molecule has 0 spiro atoms. The summed E-state index contributed by atoms with van der Waals surface area (Å²) in [6.07, 6.45) is -1.18. The molecule has 0 bridgehead atoms. The third kappa shape index (κ3) is 12.3. The zero-order valence-corrected chi connectivity index (χ0v) is 12.3. The molecule has 2 N–H and O–H groups in total. The molecular formula is C13H22N2O4. The number of amides is 2. The van der Waals surface area contributed by atoms with Crippen LogP contribution >= 0.6 is 0 Å². The standard InChI is InChI=1S/C13H22N2O4/c1-12(2,3)18-10(16)14-8-7-9-15-11(17)19-13(4,5)6/h8H2,1-6H3,(H,14,16)(H,15,17). The maximum Gasteiger partial charge on any atom is 0.419 e. The van der Waals surface area contributed by atoms with Gasteiger partial charge in [0.25, 0.3) is 0 Å². The fourth-order valence-corrected chi connectivity index (χ4v) is 0.874. The summed E-state index contributed by atoms with van der Waals surface area (Å²) in [5.41, 5.74) is -1.12. The third-order valence-electron chi connectivity index (χ3n) is 1.37. The SMILES string of the molecule is CC(C)(C)OC(=O)NC#CCNC(=O)OC(C)(C)C. The molecule has 108 valence electrons. The number of carbonyl (C=O) groups is 2. The summed E-state index contributed by atoms with van der Waals surface area (Å²) in [6.45, 7) is 10.6. The Bertz CT molecular complexity index is 380. The van der Waals surface area contributed by atoms with E-state index >= 15 is 0 Å². The number of alkyl carbamates (subject to hydrolysis) is 2. The van der Waals surface area contributed by atoms with Crippen molar-refractivity contribution in [2.75, 3.05) is 6.54 Å². The Kier molecular flexibility index (Phi) is 6.19. The lowest BCUT2D eigenvalue weighted by Crippen LogP contribution is -2.33. The highest BCUT2D eigenvalue weighted by Crippen LogP contribution is 2.06. The number of hydrogen-bond acceptors (Lipinski definition) is 4. The Morgan fingerprint density at radius 2 is 1.42 bits per heavy atom. The number of nitrogens with one attached hydrogen (secondary N) is 2. The van der Waals surface area contributed by atoms with Crippen LogP contribution in [0.3, 0.4) is 0 Å². The summed E-state index contributed by atoms with van der Waals surface area (Å²) in [4.78, 5) is 22.4. The lowest BCUT2D eigenvalue weighted by Gasteiger charge is -2.19. The van der Waals surface area contributed by atoms with E-state index in [0.29, 0.717) is 0 Å². The first-order chi connectivity index (χ1) is 8.49. The fraction of sp³-hybridized carbons (Fsp3) is 0.692. The van der Waals surface area contributed by atoms with Crippen LogP contribution in [0.5, 0.6) is 0 Å². The van der Waals surface area contributed by atoms with Gasteiger partial charge in [-0.15, -0.1) is 0 Å². The van der Waals surface area contributed by atoms with Gasteiger partial charge in [-0.25, -0.2) is 14.9 Å². The number of hydrogen-bond donors (Lipinski definition) is 2. The van der Waals surface area contributed by atoms with E-state index in [0.717, 1.165) is 0 Å². The van der Waals surface area contributed by atoms with Crippen LogP contribution in [0.2, 0.25) is 0 Å². The topological polar surface area (TPSA) is 76.7 Å². The van der Waals surface area contributed by atoms with Gasteiger partial charge >= 0.3 is 12.2 Å². The Hall–Kier alpha value is -1.90. The van der Waals surface area contributed by atoms with Crippen molar-refractivity contribution in [3.8, 4) is 12.0 Å². The van der Waals surface area contributed by atoms with Crippen molar-refractivity contribution < 1.29 is 19.1 Å². The van der Waals surface area contributed by atoms with Crippen LogP contribution in [-0.4, -0.2) is 29.9 Å². The summed E-state index contributed by atoms with van der Waals surface area (Å²) in [5.74, 6) is 2.54. The van der Waals surface area contributed by atoms with E-state index in [9.17, 15) is 9.59 Å². The van der Waals surface area contributed by atoms with E-state index < -0.39 is 23.4 Å². The highest BCUT2D eigenvalue weighted by molar-refractivity contribution is 5.70. The quantitative estimate of drug-likeness (QED) is 0.564. The Balaban J connectivity index is 3.89. The molecule has 0 saturated carbocycles. The lowest BCUT2D eigenvalue weighted by molar-refractivity contribution is 0.0532. The average molecular weight is 270 g/mol. The van der Waals surface area contributed by atoms with Gasteiger partial charge in [-0.1, -0.05) is 5.92 Å². The van der Waals surface area contributed by atoms with Gasteiger partial charge in [0.1, 0.15) is 11.2 Å². The summed E-state index contributed by atoms with van der Waals surface area (Å²) >= 11 is 0. The molecule has 2 amide bonds. The largest absolute Gasteiger partial charge is 0.444 e. The van der Waals surface area contributed by atoms with Crippen LogP contribution in [0.4, 0.5) is 9.59 Å². The molecule has 0 aromatic heterocycles. The minimum atomic E-state index is -0.628. The highest BCUT2D eigenvalue weighted by Gasteiger charge is 2.15. The summed E-state index contributed by atoms with van der Waals surface area (Å²) in [5, 5.41) is 4.68. The zero-order chi connectivity index (χ0) is 15.1. The summed E-state index contributed by atoms with van der Waals surface area (Å²) < 4.78 is 9.97. The first-order valence-corrected chi connectivity index (χ1v) is 5.93. The van der Waals surface area contributed by atoms with Crippen molar-refractivity contribution in [3.63, 3.8) is 0 Å². The van der Waals surface area contributed by atoms with E-state index in [1.165, 1.54) is 0 Å². The van der Waals surface area contributed by atoms with Crippen LogP contribution in [0, 0.1) is 12.0 Å². The van der Waals surface area contributed by atoms with Gasteiger partial charge in [-0.05, 0) is 41.5 Å². The Morgan fingerprint density at radius 3 is 1.89 bits per heavy atom. The zero-order valence-electron chi connectivity index (χ0n) is 12.3. The monoisotopic (exact) mass is 270 g/mol. The molecule has 0 aliphatic heterocycles. The minimum Gasteiger partial charge on any atom is -0.444 e. The number of carbonyl (C=O) groups excluding carboxylic acids is 2. The Labute approximate surface area is 114 Å². The highest BCUT2D eigenvalue weighted by atomic mass is 16.6. The normalized spacial score (nSPS) is 10.8. The van der Waals surface area contributed by atoms with E-state index in [4.69, 9.17) is 9.47 Å². The fourth-order valence-electron chi connectivity index (χ4n) is 0.874. The molecule has 0 aromatic rings. The van der Waals surface area contributed by atoms with Crippen LogP contribution < -0.4 is 10.6 Å². The second-order valence-electron chi connectivity index (χ2n) is 5.78. The van der Waals surface area contributed by atoms with Crippen molar-refractivity contribution in [3.05, 3.63) is 0 Å². The van der Waals surface area contributed by atoms with Crippen molar-refractivity contribution >= 4 is 12.2 Å². The van der Waals surface area contributed by atoms with Gasteiger partial charge in [0, 0.05) is 6.04 Å². The lowest BCUT2D eigenvalue weighted by atomic mass is 10.2. The molecule has 0 saturated heterocycles. The van der Waals surface area contributed by atoms with Crippen LogP contribution in [-0.2, 0) is 9.47 Å². The molecule has 0 radical (unpaired) electrons. The van der Waals surface area contributed by atoms with Gasteiger partial charge in [0.2, 0.25) is 0 Å². The molecule has 0 fully saturated rings. The van der Waals surface area contributed by atoms with Crippen molar-refractivity contribution in [2.24, 2.45) is 0 Å². The van der Waals surface area contributed by atoms with Crippen molar-refractivity contribution in [2.45, 2.75) is 52.7 Å². The van der Waals surface area contributed by atoms with Crippen molar-refractivity contribution in [1.82, 2.24) is 10.6 Å². The number of rotatable bonds is 1. The van der Waals surface area contributed by atoms with Crippen LogP contribution in [0.15, 0.2) is 0 Å². The molecule has 6 heteroatoms. The van der Waals surface area contributed by atoms with E-state index in [1.807, 2.05) is 0 Å². The third-order valence-corrected chi connectivity index (χ3v) is 1.37. The second kappa shape index (κ2) is 6.88. The molecule has 0 aliphatic carbocycles. The number of ether oxygens (including phenoxy) is 2. The van der Waals surface area contributed by atoms with Gasteiger partial charge in [0.05, 0.1) is 6.54 Å². The smallest absolute Gasteiger partial charge is 0.419 e. The molecule has 0 aliphatic rings. The van der Waals surface area contributed by atoms with E-state index in [1.54, 1.807) is 41.5 Å². The molecule has 0 atom stereocenters. The first-order valence-electron chi connectivity index (χ1n) is 5.93. The average Bonchev–Trinajstić information content (AvgIpc) is 2.10. The summed E-state index contributed by atoms with van der Waals surface area (Å²) in [6, 6.07) is 2.38. The maximum atomic E-state index is 11.2. The summed E-state index contributed by atoms with van der Waals surface area (Å²) in [7, 11) is 0. The van der Waals surface area contributed by atoms with E-state index in [-0.39, 0.29) is 6.54 Å². The van der Waals surface area contributed by atoms with E-state index in [2.05, 4.69) is 22.6 Å². The van der Waals surface area contributed by atoms with Gasteiger partial charge in [-0.3, -0.25) is 0 Å². The van der Waals surface area contributed by atoms with Crippen LogP contribution in [0.25, 0.3) is 0 Å². The Morgan fingerprint density at radius 1 is 0.947 bits per heavy atom.